The van der Waals surface area contributed by atoms with Gasteiger partial charge in [-0.25, -0.2) is 0 Å². The van der Waals surface area contributed by atoms with Crippen molar-refractivity contribution in [2.45, 2.75) is 60.2 Å². The Morgan fingerprint density at radius 3 is 0.700 bits per heavy atom. The third-order valence-corrected chi connectivity index (χ3v) is 3.26. The van der Waals surface area contributed by atoms with E-state index in [1.54, 1.807) is 0 Å². The molecule has 0 heterocycles. The fourth-order valence-electron chi connectivity index (χ4n) is 1.51. The summed E-state index contributed by atoms with van der Waals surface area (Å²) in [7, 11) is 0. The average Bonchev–Trinajstić information content (AvgIpc) is 2.42. The summed E-state index contributed by atoms with van der Waals surface area (Å²) in [4.78, 5) is 0. The summed E-state index contributed by atoms with van der Waals surface area (Å²) >= 11 is 0. The van der Waals surface area contributed by atoms with E-state index in [0.717, 1.165) is 0 Å². The summed E-state index contributed by atoms with van der Waals surface area (Å²) in [5, 5.41) is 0. The Kier molecular flexibility index (Phi) is 6.48. The van der Waals surface area contributed by atoms with Crippen molar-refractivity contribution in [1.82, 2.24) is 0 Å². The SMILES string of the molecule is FC(F)(F)C(F)(F)C(F)(F)C(F)(F)CC(F)(F)C(F)(F)C(F)(F)C(F)(F)C(F)(F)F. The van der Waals surface area contributed by atoms with Crippen LogP contribution in [0.3, 0.4) is 0 Å². The molecule has 0 N–H and O–H groups in total. The number of hydrogen-bond donors (Lipinski definition) is 0. The molecule has 0 aromatic rings. The molecule has 0 atom stereocenters. The summed E-state index contributed by atoms with van der Waals surface area (Å²) in [6, 6.07) is 0. The van der Waals surface area contributed by atoms with Gasteiger partial charge in [0.25, 0.3) is 0 Å². The van der Waals surface area contributed by atoms with Crippen LogP contribution in [-0.4, -0.2) is 53.8 Å². The summed E-state index contributed by atoms with van der Waals surface area (Å²) in [5.74, 6) is -56.3. The monoisotopic (exact) mass is 502 g/mol. The summed E-state index contributed by atoms with van der Waals surface area (Å²) in [6.45, 7) is 0. The Labute approximate surface area is 149 Å². The molecule has 0 spiro atoms. The first-order chi connectivity index (χ1) is 12.5. The molecule has 0 aliphatic carbocycles. The van der Waals surface area contributed by atoms with Crippen LogP contribution >= 0.6 is 0 Å². The van der Waals surface area contributed by atoms with Crippen molar-refractivity contribution in [2.75, 3.05) is 0 Å². The Hall–Kier alpha value is -1.40. The predicted octanol–water partition coefficient (Wildman–Crippen LogP) is 6.95. The van der Waals surface area contributed by atoms with E-state index in [2.05, 4.69) is 0 Å². The molecule has 0 unspecified atom stereocenters. The largest absolute Gasteiger partial charge is 0.460 e. The van der Waals surface area contributed by atoms with Crippen LogP contribution in [0.2, 0.25) is 0 Å². The van der Waals surface area contributed by atoms with Crippen LogP contribution in [0.25, 0.3) is 0 Å². The molecular weight excluding hydrogens is 500 g/mol. The average molecular weight is 502 g/mol. The van der Waals surface area contributed by atoms with E-state index < -0.39 is 60.2 Å². The topological polar surface area (TPSA) is 0 Å². The highest BCUT2D eigenvalue weighted by molar-refractivity contribution is 5.10. The van der Waals surface area contributed by atoms with Crippen molar-refractivity contribution in [1.29, 1.82) is 0 Å². The molecule has 0 aliphatic rings. The maximum Gasteiger partial charge on any atom is 0.460 e. The van der Waals surface area contributed by atoms with Crippen molar-refractivity contribution in [3.8, 4) is 0 Å². The first kappa shape index (κ1) is 28.6. The molecule has 0 rings (SSSR count). The second-order valence-corrected chi connectivity index (χ2v) is 5.45. The molecule has 0 bridgehead atoms. The molecule has 20 heteroatoms. The van der Waals surface area contributed by atoms with Gasteiger partial charge in [0.2, 0.25) is 0 Å². The van der Waals surface area contributed by atoms with Gasteiger partial charge in [-0.1, -0.05) is 0 Å². The van der Waals surface area contributed by atoms with Gasteiger partial charge in [-0.15, -0.1) is 0 Å². The zero-order valence-electron chi connectivity index (χ0n) is 12.8. The maximum atomic E-state index is 13.1. The van der Waals surface area contributed by atoms with E-state index in [1.807, 2.05) is 0 Å². The molecule has 0 saturated carbocycles. The van der Waals surface area contributed by atoms with Crippen molar-refractivity contribution < 1.29 is 87.8 Å². The molecule has 182 valence electrons. The fourth-order valence-corrected chi connectivity index (χ4v) is 1.51. The fraction of sp³-hybridized carbons (Fsp3) is 1.00. The van der Waals surface area contributed by atoms with Crippen LogP contribution in [0.15, 0.2) is 0 Å². The Balaban J connectivity index is 6.41. The first-order valence-electron chi connectivity index (χ1n) is 6.24. The van der Waals surface area contributed by atoms with E-state index in [9.17, 15) is 87.8 Å². The van der Waals surface area contributed by atoms with Gasteiger partial charge in [0, 0.05) is 0 Å². The van der Waals surface area contributed by atoms with Gasteiger partial charge in [0.05, 0.1) is 6.42 Å². The van der Waals surface area contributed by atoms with Crippen LogP contribution in [0.4, 0.5) is 87.8 Å². The smallest absolute Gasteiger partial charge is 0.199 e. The minimum Gasteiger partial charge on any atom is -0.199 e. The highest BCUT2D eigenvalue weighted by atomic mass is 19.4. The lowest BCUT2D eigenvalue weighted by molar-refractivity contribution is -0.434. The lowest BCUT2D eigenvalue weighted by atomic mass is 9.90. The second kappa shape index (κ2) is 6.80. The normalized spacial score (nSPS) is 16.8. The standard InChI is InChI=1S/C10H2F20/c11-2(12,4(15,16)6(19,20)8(23,24)10(28,29)30)1-3(13,14)5(17,18)7(21,22)9(25,26)27/h1H2. The molecule has 30 heavy (non-hydrogen) atoms. The van der Waals surface area contributed by atoms with Crippen molar-refractivity contribution in [3.63, 3.8) is 0 Å². The lowest BCUT2D eigenvalue weighted by Gasteiger charge is -2.40. The Morgan fingerprint density at radius 1 is 0.267 bits per heavy atom. The number of rotatable bonds is 7. The van der Waals surface area contributed by atoms with Gasteiger partial charge in [-0.3, -0.25) is 0 Å². The molecule has 0 saturated heterocycles. The molecule has 0 radical (unpaired) electrons. The Bertz CT molecular complexity index is 616. The van der Waals surface area contributed by atoms with Gasteiger partial charge in [-0.05, 0) is 0 Å². The molecule has 0 aromatic carbocycles. The van der Waals surface area contributed by atoms with Gasteiger partial charge in [0.15, 0.2) is 0 Å². The van der Waals surface area contributed by atoms with E-state index >= 15 is 0 Å². The molecular formula is C10H2F20. The van der Waals surface area contributed by atoms with Gasteiger partial charge >= 0.3 is 53.8 Å². The van der Waals surface area contributed by atoms with E-state index in [-0.39, 0.29) is 0 Å². The molecule has 0 aromatic heterocycles. The predicted molar refractivity (Wildman–Crippen MR) is 51.4 cm³/mol. The zero-order chi connectivity index (χ0) is 25.2. The van der Waals surface area contributed by atoms with E-state index in [4.69, 9.17) is 0 Å². The quantitative estimate of drug-likeness (QED) is 0.331. The summed E-state index contributed by atoms with van der Waals surface area (Å²) in [6.07, 6.45) is -20.5. The van der Waals surface area contributed by atoms with Gasteiger partial charge < -0.3 is 0 Å². The first-order valence-corrected chi connectivity index (χ1v) is 6.24. The van der Waals surface area contributed by atoms with Gasteiger partial charge in [0.1, 0.15) is 0 Å². The number of halogens is 20. The molecule has 0 nitrogen and oxygen atoms in total. The van der Waals surface area contributed by atoms with E-state index in [0.29, 0.717) is 0 Å². The highest BCUT2D eigenvalue weighted by Gasteiger charge is 2.89. The highest BCUT2D eigenvalue weighted by Crippen LogP contribution is 2.61. The second-order valence-electron chi connectivity index (χ2n) is 5.45. The van der Waals surface area contributed by atoms with Crippen molar-refractivity contribution >= 4 is 0 Å². The molecule has 0 amide bonds. The van der Waals surface area contributed by atoms with Gasteiger partial charge in [-0.2, -0.15) is 87.8 Å². The van der Waals surface area contributed by atoms with E-state index in [1.165, 1.54) is 0 Å². The zero-order valence-corrected chi connectivity index (χ0v) is 12.8. The molecule has 0 fully saturated rings. The number of hydrogen-bond acceptors (Lipinski definition) is 0. The number of alkyl halides is 20. The minimum absolute atomic E-state index is 5.12. The van der Waals surface area contributed by atoms with Crippen LogP contribution in [0.5, 0.6) is 0 Å². The van der Waals surface area contributed by atoms with Crippen molar-refractivity contribution in [2.24, 2.45) is 0 Å². The van der Waals surface area contributed by atoms with Crippen LogP contribution in [-0.2, 0) is 0 Å². The third-order valence-electron chi connectivity index (χ3n) is 3.26. The van der Waals surface area contributed by atoms with Crippen LogP contribution < -0.4 is 0 Å². The van der Waals surface area contributed by atoms with Crippen LogP contribution in [0, 0.1) is 0 Å². The summed E-state index contributed by atoms with van der Waals surface area (Å²) < 4.78 is 250. The molecule has 0 aliphatic heterocycles. The minimum atomic E-state index is -8.36. The van der Waals surface area contributed by atoms with Crippen molar-refractivity contribution in [3.05, 3.63) is 0 Å². The van der Waals surface area contributed by atoms with Crippen LogP contribution in [0.1, 0.15) is 6.42 Å². The third kappa shape index (κ3) is 3.81. The Morgan fingerprint density at radius 2 is 0.467 bits per heavy atom. The maximum absolute atomic E-state index is 13.1. The lowest BCUT2D eigenvalue weighted by Crippen LogP contribution is -2.68. The summed E-state index contributed by atoms with van der Waals surface area (Å²) in [5.41, 5.74) is 0.